The molecule has 29 heavy (non-hydrogen) atoms. The van der Waals surface area contributed by atoms with Gasteiger partial charge >= 0.3 is 0 Å². The Labute approximate surface area is 173 Å². The van der Waals surface area contributed by atoms with E-state index in [0.29, 0.717) is 12.6 Å². The predicted molar refractivity (Wildman–Crippen MR) is 114 cm³/mol. The lowest BCUT2D eigenvalue weighted by Crippen LogP contribution is -2.47. The van der Waals surface area contributed by atoms with Gasteiger partial charge in [0.1, 0.15) is 12.4 Å². The molecule has 0 bridgehead atoms. The third-order valence-electron chi connectivity index (χ3n) is 5.97. The largest absolute Gasteiger partial charge is 0.377 e. The number of hydrogen-bond donors (Lipinski definition) is 2. The number of aliphatic imine (C=N–C) groups is 1. The van der Waals surface area contributed by atoms with Crippen molar-refractivity contribution >= 4 is 5.96 Å². The Hall–Kier alpha value is -2.41. The maximum atomic E-state index is 5.16. The zero-order valence-electron chi connectivity index (χ0n) is 17.7. The van der Waals surface area contributed by atoms with Crippen LogP contribution in [0.3, 0.4) is 0 Å². The van der Waals surface area contributed by atoms with Crippen LogP contribution in [0.4, 0.5) is 0 Å². The van der Waals surface area contributed by atoms with E-state index in [1.165, 1.54) is 24.0 Å². The van der Waals surface area contributed by atoms with Crippen molar-refractivity contribution in [1.82, 2.24) is 25.4 Å². The molecular formula is C22H32N6O. The van der Waals surface area contributed by atoms with E-state index < -0.39 is 0 Å². The maximum Gasteiger partial charge on any atom is 0.191 e. The molecule has 2 heterocycles. The summed E-state index contributed by atoms with van der Waals surface area (Å²) in [6, 6.07) is 9.03. The molecule has 2 N–H and O–H groups in total. The predicted octanol–water partition coefficient (Wildman–Crippen LogP) is 2.33. The molecule has 1 unspecified atom stereocenters. The van der Waals surface area contributed by atoms with Crippen LogP contribution < -0.4 is 10.6 Å². The van der Waals surface area contributed by atoms with E-state index in [2.05, 4.69) is 58.8 Å². The molecule has 1 aliphatic heterocycles. The van der Waals surface area contributed by atoms with Crippen molar-refractivity contribution in [3.8, 4) is 0 Å². The van der Waals surface area contributed by atoms with Crippen molar-refractivity contribution in [2.75, 3.05) is 20.2 Å². The number of aromatic nitrogens is 3. The van der Waals surface area contributed by atoms with E-state index >= 15 is 0 Å². The van der Waals surface area contributed by atoms with Gasteiger partial charge in [0.15, 0.2) is 11.8 Å². The van der Waals surface area contributed by atoms with E-state index in [4.69, 9.17) is 9.73 Å². The number of guanidine groups is 1. The summed E-state index contributed by atoms with van der Waals surface area (Å²) in [5.41, 5.74) is 3.04. The second kappa shape index (κ2) is 8.53. The lowest BCUT2D eigenvalue weighted by molar-refractivity contribution is 0.177. The normalized spacial score (nSPS) is 20.2. The number of ether oxygens (including phenoxy) is 1. The smallest absolute Gasteiger partial charge is 0.191 e. The molecule has 2 aliphatic rings. The first-order valence-electron chi connectivity index (χ1n) is 10.7. The molecule has 156 valence electrons. The van der Waals surface area contributed by atoms with Gasteiger partial charge in [0.05, 0.1) is 13.1 Å². The first-order chi connectivity index (χ1) is 14.1. The highest BCUT2D eigenvalue weighted by Gasteiger charge is 2.44. The fourth-order valence-electron chi connectivity index (χ4n) is 4.24. The second-order valence-corrected chi connectivity index (χ2v) is 8.23. The number of nitrogens with zero attached hydrogens (tertiary/aromatic N) is 4. The molecule has 0 amide bonds. The van der Waals surface area contributed by atoms with Crippen LogP contribution in [0.15, 0.2) is 29.3 Å². The molecule has 0 spiro atoms. The quantitative estimate of drug-likeness (QED) is 0.555. The van der Waals surface area contributed by atoms with Crippen molar-refractivity contribution in [2.45, 2.75) is 64.1 Å². The monoisotopic (exact) mass is 396 g/mol. The van der Waals surface area contributed by atoms with Crippen molar-refractivity contribution in [2.24, 2.45) is 4.99 Å². The third-order valence-corrected chi connectivity index (χ3v) is 5.97. The van der Waals surface area contributed by atoms with E-state index in [1.54, 1.807) is 7.11 Å². The Morgan fingerprint density at radius 1 is 1.34 bits per heavy atom. The number of rotatable bonds is 7. The molecule has 1 atom stereocenters. The Bertz CT molecular complexity index is 870. The first kappa shape index (κ1) is 19.9. The molecule has 1 fully saturated rings. The summed E-state index contributed by atoms with van der Waals surface area (Å²) < 4.78 is 7.17. The third kappa shape index (κ3) is 4.45. The molecule has 2 aromatic rings. The summed E-state index contributed by atoms with van der Waals surface area (Å²) >= 11 is 0. The van der Waals surface area contributed by atoms with E-state index in [-0.39, 0.29) is 5.41 Å². The van der Waals surface area contributed by atoms with Gasteiger partial charge in [-0.05, 0) is 44.2 Å². The highest BCUT2D eigenvalue weighted by atomic mass is 16.5. The van der Waals surface area contributed by atoms with Gasteiger partial charge < -0.3 is 15.4 Å². The van der Waals surface area contributed by atoms with Gasteiger partial charge in [-0.3, -0.25) is 4.99 Å². The average molecular weight is 397 g/mol. The van der Waals surface area contributed by atoms with Gasteiger partial charge in [-0.1, -0.05) is 24.3 Å². The Morgan fingerprint density at radius 3 is 2.90 bits per heavy atom. The molecule has 1 aromatic carbocycles. The topological polar surface area (TPSA) is 76.4 Å². The summed E-state index contributed by atoms with van der Waals surface area (Å²) in [5, 5.41) is 11.6. The molecular weight excluding hydrogens is 364 g/mol. The Balaban J connectivity index is 1.42. The van der Waals surface area contributed by atoms with Crippen LogP contribution in [0.2, 0.25) is 0 Å². The molecule has 7 heteroatoms. The minimum atomic E-state index is 0.217. The van der Waals surface area contributed by atoms with Gasteiger partial charge in [0, 0.05) is 31.5 Å². The van der Waals surface area contributed by atoms with Gasteiger partial charge in [-0.25, -0.2) is 9.67 Å². The highest BCUT2D eigenvalue weighted by molar-refractivity contribution is 5.80. The van der Waals surface area contributed by atoms with Crippen LogP contribution in [0.1, 0.15) is 49.0 Å². The molecule has 0 radical (unpaired) electrons. The van der Waals surface area contributed by atoms with Crippen LogP contribution >= 0.6 is 0 Å². The fraction of sp³-hybridized carbons (Fsp3) is 0.591. The summed E-state index contributed by atoms with van der Waals surface area (Å²) in [5.74, 6) is 2.71. The number of methoxy groups -OCH3 is 1. The molecule has 4 rings (SSSR count). The standard InChI is InChI=1S/C22H32N6O/c1-4-23-21(24-15-22(11-12-22)18-8-6-5-7-16(18)2)25-17-9-10-20-26-19(14-29-3)27-28(20)13-17/h5-8,17H,4,9-15H2,1-3H3,(H2,23,24,25). The molecule has 7 nitrogen and oxygen atoms in total. The summed E-state index contributed by atoms with van der Waals surface area (Å²) in [6.07, 6.45) is 4.38. The second-order valence-electron chi connectivity index (χ2n) is 8.23. The number of aryl methyl sites for hydroxylation is 2. The zero-order valence-corrected chi connectivity index (χ0v) is 17.7. The zero-order chi connectivity index (χ0) is 20.3. The van der Waals surface area contributed by atoms with Crippen molar-refractivity contribution in [1.29, 1.82) is 0 Å². The van der Waals surface area contributed by atoms with Gasteiger partial charge in [0.2, 0.25) is 0 Å². The molecule has 1 saturated carbocycles. The summed E-state index contributed by atoms with van der Waals surface area (Å²) in [7, 11) is 1.67. The highest BCUT2D eigenvalue weighted by Crippen LogP contribution is 2.49. The van der Waals surface area contributed by atoms with Crippen molar-refractivity contribution < 1.29 is 4.74 Å². The Kier molecular flexibility index (Phi) is 5.85. The van der Waals surface area contributed by atoms with Crippen LogP contribution in [0.5, 0.6) is 0 Å². The average Bonchev–Trinajstić information content (AvgIpc) is 3.39. The maximum absolute atomic E-state index is 5.16. The van der Waals surface area contributed by atoms with Gasteiger partial charge in [0.25, 0.3) is 0 Å². The fourth-order valence-corrected chi connectivity index (χ4v) is 4.24. The molecule has 1 aromatic heterocycles. The Morgan fingerprint density at radius 2 is 2.17 bits per heavy atom. The summed E-state index contributed by atoms with van der Waals surface area (Å²) in [6.45, 7) is 7.26. The lowest BCUT2D eigenvalue weighted by atomic mass is 9.92. The van der Waals surface area contributed by atoms with Crippen LogP contribution in [-0.4, -0.2) is 47.0 Å². The summed E-state index contributed by atoms with van der Waals surface area (Å²) in [4.78, 5) is 9.54. The molecule has 0 saturated heterocycles. The van der Waals surface area contributed by atoms with Crippen LogP contribution in [0.25, 0.3) is 0 Å². The van der Waals surface area contributed by atoms with E-state index in [1.807, 2.05) is 4.68 Å². The minimum Gasteiger partial charge on any atom is -0.377 e. The van der Waals surface area contributed by atoms with Gasteiger partial charge in [-0.15, -0.1) is 0 Å². The lowest BCUT2D eigenvalue weighted by Gasteiger charge is -2.26. The van der Waals surface area contributed by atoms with E-state index in [0.717, 1.165) is 50.1 Å². The van der Waals surface area contributed by atoms with Crippen LogP contribution in [0, 0.1) is 6.92 Å². The number of nitrogens with one attached hydrogen (secondary N) is 2. The minimum absolute atomic E-state index is 0.217. The van der Waals surface area contributed by atoms with Crippen LogP contribution in [-0.2, 0) is 29.7 Å². The first-order valence-corrected chi connectivity index (χ1v) is 10.7. The number of hydrogen-bond acceptors (Lipinski definition) is 4. The van der Waals surface area contributed by atoms with Gasteiger partial charge in [-0.2, -0.15) is 5.10 Å². The number of fused-ring (bicyclic) bond motifs is 1. The van der Waals surface area contributed by atoms with E-state index in [9.17, 15) is 0 Å². The van der Waals surface area contributed by atoms with Crippen molar-refractivity contribution in [3.05, 3.63) is 47.0 Å². The molecule has 1 aliphatic carbocycles. The van der Waals surface area contributed by atoms with Crippen molar-refractivity contribution in [3.63, 3.8) is 0 Å². The SMILES string of the molecule is CCNC(=NCC1(c2ccccc2C)CC1)NC1CCc2nc(COC)nn2C1. The number of benzene rings is 1.